The Balaban J connectivity index is 1.87. The number of aryl methyl sites for hydroxylation is 1. The molecule has 0 aliphatic rings. The number of imidazole rings is 1. The third-order valence-electron chi connectivity index (χ3n) is 3.14. The molecular formula is C18H14ClN5O. The van der Waals surface area contributed by atoms with Crippen LogP contribution in [-0.2, 0) is 0 Å². The normalized spacial score (nSPS) is 10.0. The molecule has 0 unspecified atom stereocenters. The first-order valence-corrected chi connectivity index (χ1v) is 7.79. The fraction of sp³-hybridized carbons (Fsp3) is 0.111. The molecule has 0 aliphatic heterocycles. The minimum absolute atomic E-state index is 0.367. The molecule has 0 N–H and O–H groups in total. The predicted molar refractivity (Wildman–Crippen MR) is 94.8 cm³/mol. The molecule has 25 heavy (non-hydrogen) atoms. The van der Waals surface area contributed by atoms with Gasteiger partial charge in [0, 0.05) is 18.0 Å². The first-order chi connectivity index (χ1) is 12.2. The van der Waals surface area contributed by atoms with Gasteiger partial charge in [-0.3, -0.25) is 9.55 Å². The highest BCUT2D eigenvalue weighted by Crippen LogP contribution is 2.13. The molecular weight excluding hydrogens is 338 g/mol. The van der Waals surface area contributed by atoms with Gasteiger partial charge < -0.3 is 4.74 Å². The minimum atomic E-state index is 0.367. The largest absolute Gasteiger partial charge is 0.472 e. The van der Waals surface area contributed by atoms with E-state index in [1.165, 1.54) is 0 Å². The Hall–Kier alpha value is -3.17. The summed E-state index contributed by atoms with van der Waals surface area (Å²) in [6.07, 6.45) is 8.24. The molecule has 124 valence electrons. The summed E-state index contributed by atoms with van der Waals surface area (Å²) in [7, 11) is 0. The number of nitrogens with zero attached hydrogens (tertiary/aromatic N) is 5. The van der Waals surface area contributed by atoms with Gasteiger partial charge in [-0.05, 0) is 25.0 Å². The third-order valence-corrected chi connectivity index (χ3v) is 3.35. The van der Waals surface area contributed by atoms with E-state index in [0.29, 0.717) is 29.2 Å². The second-order valence-electron chi connectivity index (χ2n) is 4.98. The van der Waals surface area contributed by atoms with E-state index >= 15 is 0 Å². The second kappa shape index (κ2) is 7.60. The van der Waals surface area contributed by atoms with E-state index in [2.05, 4.69) is 38.4 Å². The zero-order chi connectivity index (χ0) is 17.6. The highest BCUT2D eigenvalue weighted by Gasteiger charge is 2.07. The van der Waals surface area contributed by atoms with Crippen LogP contribution >= 0.6 is 11.6 Å². The summed E-state index contributed by atoms with van der Waals surface area (Å²) in [6, 6.07) is 3.49. The molecule has 0 aliphatic carbocycles. The lowest BCUT2D eigenvalue weighted by molar-refractivity contribution is 0.346. The van der Waals surface area contributed by atoms with Crippen LogP contribution in [0.4, 0.5) is 0 Å². The Kier molecular flexibility index (Phi) is 5.07. The summed E-state index contributed by atoms with van der Waals surface area (Å²) in [6.45, 7) is 5.84. The molecule has 0 amide bonds. The van der Waals surface area contributed by atoms with Gasteiger partial charge in [0.2, 0.25) is 5.88 Å². The average Bonchev–Trinajstić information content (AvgIpc) is 2.99. The topological polar surface area (TPSA) is 65.7 Å². The third kappa shape index (κ3) is 4.22. The highest BCUT2D eigenvalue weighted by atomic mass is 35.5. The van der Waals surface area contributed by atoms with Gasteiger partial charge in [-0.15, -0.1) is 0 Å². The molecule has 0 atom stereocenters. The molecule has 0 saturated heterocycles. The SMILES string of the molecule is C=CCOc1cncc(-n2cc(C#Cc3ccnc(Cl)c3)nc2C)n1. The molecule has 0 radical (unpaired) electrons. The maximum Gasteiger partial charge on any atom is 0.234 e. The number of ether oxygens (including phenoxy) is 1. The van der Waals surface area contributed by atoms with Crippen LogP contribution in [0.25, 0.3) is 5.82 Å². The van der Waals surface area contributed by atoms with E-state index in [1.54, 1.807) is 47.6 Å². The van der Waals surface area contributed by atoms with E-state index in [1.807, 2.05) is 6.92 Å². The molecule has 0 bridgehead atoms. The van der Waals surface area contributed by atoms with Crippen LogP contribution < -0.4 is 4.74 Å². The van der Waals surface area contributed by atoms with Crippen LogP contribution in [0.15, 0.2) is 49.6 Å². The monoisotopic (exact) mass is 351 g/mol. The molecule has 0 aromatic carbocycles. The van der Waals surface area contributed by atoms with Crippen molar-refractivity contribution in [2.24, 2.45) is 0 Å². The van der Waals surface area contributed by atoms with Crippen molar-refractivity contribution < 1.29 is 4.74 Å². The highest BCUT2D eigenvalue weighted by molar-refractivity contribution is 6.29. The van der Waals surface area contributed by atoms with Crippen LogP contribution in [0.3, 0.4) is 0 Å². The van der Waals surface area contributed by atoms with Crippen LogP contribution in [0.2, 0.25) is 5.15 Å². The quantitative estimate of drug-likeness (QED) is 0.410. The van der Waals surface area contributed by atoms with Crippen LogP contribution in [0.1, 0.15) is 17.1 Å². The zero-order valence-corrected chi connectivity index (χ0v) is 14.2. The van der Waals surface area contributed by atoms with Crippen molar-refractivity contribution in [2.75, 3.05) is 6.61 Å². The predicted octanol–water partition coefficient (Wildman–Crippen LogP) is 2.98. The van der Waals surface area contributed by atoms with Crippen molar-refractivity contribution in [3.8, 4) is 23.5 Å². The van der Waals surface area contributed by atoms with Crippen molar-refractivity contribution in [2.45, 2.75) is 6.92 Å². The minimum Gasteiger partial charge on any atom is -0.472 e. The Morgan fingerprint density at radius 1 is 1.32 bits per heavy atom. The lowest BCUT2D eigenvalue weighted by Crippen LogP contribution is -2.02. The Morgan fingerprint density at radius 3 is 3.00 bits per heavy atom. The van der Waals surface area contributed by atoms with Crippen molar-refractivity contribution in [3.63, 3.8) is 0 Å². The van der Waals surface area contributed by atoms with E-state index in [4.69, 9.17) is 16.3 Å². The molecule has 3 rings (SSSR count). The van der Waals surface area contributed by atoms with Crippen LogP contribution in [-0.4, -0.2) is 31.1 Å². The van der Waals surface area contributed by atoms with Gasteiger partial charge in [0.15, 0.2) is 5.82 Å². The maximum absolute atomic E-state index is 5.86. The fourth-order valence-corrected chi connectivity index (χ4v) is 2.22. The summed E-state index contributed by atoms with van der Waals surface area (Å²) >= 11 is 5.86. The Bertz CT molecular complexity index is 971. The standard InChI is InChI=1S/C18H14ClN5O/c1-3-8-25-18-11-20-10-17(23-18)24-12-15(22-13(24)2)5-4-14-6-7-21-16(19)9-14/h3,6-7,9-12H,1,8H2,2H3. The summed E-state index contributed by atoms with van der Waals surface area (Å²) in [5, 5.41) is 0.403. The lowest BCUT2D eigenvalue weighted by Gasteiger charge is -2.05. The molecule has 0 fully saturated rings. The van der Waals surface area contributed by atoms with Gasteiger partial charge in [0.25, 0.3) is 0 Å². The number of aromatic nitrogens is 5. The zero-order valence-electron chi connectivity index (χ0n) is 13.5. The average molecular weight is 352 g/mol. The molecule has 7 heteroatoms. The lowest BCUT2D eigenvalue weighted by atomic mass is 10.3. The number of hydrogen-bond donors (Lipinski definition) is 0. The smallest absolute Gasteiger partial charge is 0.234 e. The number of halogens is 1. The van der Waals surface area contributed by atoms with Crippen LogP contribution in [0.5, 0.6) is 5.88 Å². The van der Waals surface area contributed by atoms with Gasteiger partial charge in [0.1, 0.15) is 23.3 Å². The van der Waals surface area contributed by atoms with Gasteiger partial charge in [-0.2, -0.15) is 4.98 Å². The second-order valence-corrected chi connectivity index (χ2v) is 5.36. The Morgan fingerprint density at radius 2 is 2.20 bits per heavy atom. The first-order valence-electron chi connectivity index (χ1n) is 7.41. The first kappa shape index (κ1) is 16.7. The fourth-order valence-electron chi connectivity index (χ4n) is 2.05. The number of pyridine rings is 1. The van der Waals surface area contributed by atoms with Gasteiger partial charge in [0.05, 0.1) is 12.4 Å². The van der Waals surface area contributed by atoms with Crippen molar-refractivity contribution in [3.05, 3.63) is 71.8 Å². The van der Waals surface area contributed by atoms with Gasteiger partial charge >= 0.3 is 0 Å². The van der Waals surface area contributed by atoms with Crippen molar-refractivity contribution >= 4 is 11.6 Å². The summed E-state index contributed by atoms with van der Waals surface area (Å²) in [4.78, 5) is 16.9. The van der Waals surface area contributed by atoms with Gasteiger partial charge in [-0.1, -0.05) is 30.2 Å². The van der Waals surface area contributed by atoms with E-state index in [-0.39, 0.29) is 0 Å². The van der Waals surface area contributed by atoms with E-state index in [9.17, 15) is 0 Å². The Labute approximate surface area is 150 Å². The van der Waals surface area contributed by atoms with Crippen molar-refractivity contribution in [1.82, 2.24) is 24.5 Å². The molecule has 3 heterocycles. The summed E-state index contributed by atoms with van der Waals surface area (Å²) in [5.74, 6) is 7.78. The molecule has 3 aromatic heterocycles. The van der Waals surface area contributed by atoms with Crippen LogP contribution in [0, 0.1) is 18.8 Å². The molecule has 3 aromatic rings. The van der Waals surface area contributed by atoms with Crippen molar-refractivity contribution in [1.29, 1.82) is 0 Å². The summed E-state index contributed by atoms with van der Waals surface area (Å²) < 4.78 is 7.21. The maximum atomic E-state index is 5.86. The number of hydrogen-bond acceptors (Lipinski definition) is 5. The number of rotatable bonds is 4. The summed E-state index contributed by atoms with van der Waals surface area (Å²) in [5.41, 5.74) is 1.39. The van der Waals surface area contributed by atoms with Gasteiger partial charge in [-0.25, -0.2) is 9.97 Å². The molecule has 0 saturated carbocycles. The van der Waals surface area contributed by atoms with E-state index in [0.717, 1.165) is 11.4 Å². The molecule has 0 spiro atoms. The van der Waals surface area contributed by atoms with E-state index < -0.39 is 0 Å². The molecule has 6 nitrogen and oxygen atoms in total.